The first-order chi connectivity index (χ1) is 5.68. The summed E-state index contributed by atoms with van der Waals surface area (Å²) < 4.78 is 0. The number of hydrogen-bond acceptors (Lipinski definition) is 2. The molecule has 1 nitrogen and oxygen atoms in total. The third kappa shape index (κ3) is 3.28. The highest BCUT2D eigenvalue weighted by Crippen LogP contribution is 2.09. The summed E-state index contributed by atoms with van der Waals surface area (Å²) in [5, 5.41) is -0.287. The lowest BCUT2D eigenvalue weighted by molar-refractivity contribution is -0.111. The quantitative estimate of drug-likeness (QED) is 0.587. The predicted octanol–water partition coefficient (Wildman–Crippen LogP) is 2.67. The molecule has 64 valence electrons. The molecule has 0 aromatic heterocycles. The van der Waals surface area contributed by atoms with Gasteiger partial charge in [-0.3, -0.25) is 4.79 Å². The van der Waals surface area contributed by atoms with E-state index in [0.29, 0.717) is 12.8 Å². The standard InChI is InChI=1S/C9H9ClOS/c10-9(11)6-3-7-1-4-8(12)5-2-7/h1-2,4-5,12H,3,6H2. The van der Waals surface area contributed by atoms with E-state index in [9.17, 15) is 4.79 Å². The van der Waals surface area contributed by atoms with E-state index < -0.39 is 0 Å². The monoisotopic (exact) mass is 200 g/mol. The van der Waals surface area contributed by atoms with Crippen LogP contribution < -0.4 is 0 Å². The van der Waals surface area contributed by atoms with E-state index >= 15 is 0 Å². The molecule has 1 aromatic carbocycles. The minimum absolute atomic E-state index is 0.287. The molecule has 1 aromatic rings. The number of carbonyl (C=O) groups is 1. The van der Waals surface area contributed by atoms with Crippen molar-refractivity contribution in [2.45, 2.75) is 17.7 Å². The summed E-state index contributed by atoms with van der Waals surface area (Å²) in [6.45, 7) is 0. The SMILES string of the molecule is O=C(Cl)CCc1ccc(S)cc1. The molecule has 0 aliphatic rings. The van der Waals surface area contributed by atoms with Crippen molar-refractivity contribution in [2.75, 3.05) is 0 Å². The molecule has 0 heterocycles. The van der Waals surface area contributed by atoms with E-state index in [0.717, 1.165) is 10.5 Å². The Balaban J connectivity index is 2.53. The van der Waals surface area contributed by atoms with Gasteiger partial charge in [-0.2, -0.15) is 0 Å². The number of hydrogen-bond donors (Lipinski definition) is 1. The number of thiol groups is 1. The van der Waals surface area contributed by atoms with Gasteiger partial charge in [0.2, 0.25) is 5.24 Å². The van der Waals surface area contributed by atoms with Crippen LogP contribution in [0.25, 0.3) is 0 Å². The third-order valence-electron chi connectivity index (χ3n) is 1.55. The summed E-state index contributed by atoms with van der Waals surface area (Å²) in [6.07, 6.45) is 1.10. The van der Waals surface area contributed by atoms with Crippen molar-refractivity contribution in [3.8, 4) is 0 Å². The van der Waals surface area contributed by atoms with E-state index in [4.69, 9.17) is 11.6 Å². The van der Waals surface area contributed by atoms with Crippen molar-refractivity contribution >= 4 is 29.5 Å². The van der Waals surface area contributed by atoms with Crippen LogP contribution in [0.3, 0.4) is 0 Å². The zero-order valence-corrected chi connectivity index (χ0v) is 8.11. The average Bonchev–Trinajstić information content (AvgIpc) is 2.03. The molecular weight excluding hydrogens is 192 g/mol. The van der Waals surface area contributed by atoms with Gasteiger partial charge in [0, 0.05) is 11.3 Å². The van der Waals surface area contributed by atoms with Gasteiger partial charge in [-0.25, -0.2) is 0 Å². The van der Waals surface area contributed by atoms with Crippen molar-refractivity contribution < 1.29 is 4.79 Å². The highest BCUT2D eigenvalue weighted by atomic mass is 35.5. The molecule has 0 unspecified atom stereocenters. The fourth-order valence-corrected chi connectivity index (χ4v) is 1.15. The van der Waals surface area contributed by atoms with E-state index in [-0.39, 0.29) is 5.24 Å². The Morgan fingerprint density at radius 1 is 1.33 bits per heavy atom. The van der Waals surface area contributed by atoms with Gasteiger partial charge >= 0.3 is 0 Å². The van der Waals surface area contributed by atoms with Gasteiger partial charge in [-0.05, 0) is 35.7 Å². The van der Waals surface area contributed by atoms with Crippen LogP contribution in [-0.2, 0) is 11.2 Å². The summed E-state index contributed by atoms with van der Waals surface area (Å²) >= 11 is 9.35. The van der Waals surface area contributed by atoms with Crippen LogP contribution in [-0.4, -0.2) is 5.24 Å². The minimum atomic E-state index is -0.287. The summed E-state index contributed by atoms with van der Waals surface area (Å²) in [5.41, 5.74) is 1.11. The van der Waals surface area contributed by atoms with E-state index in [1.54, 1.807) is 0 Å². The molecule has 0 amide bonds. The molecule has 0 saturated carbocycles. The Morgan fingerprint density at radius 2 is 1.92 bits per heavy atom. The molecule has 0 radical (unpaired) electrons. The summed E-state index contributed by atoms with van der Waals surface area (Å²) in [7, 11) is 0. The van der Waals surface area contributed by atoms with E-state index in [2.05, 4.69) is 12.6 Å². The van der Waals surface area contributed by atoms with Gasteiger partial charge in [-0.15, -0.1) is 12.6 Å². The normalized spacial score (nSPS) is 9.83. The fourth-order valence-electron chi connectivity index (χ4n) is 0.905. The lowest BCUT2D eigenvalue weighted by Gasteiger charge is -1.97. The minimum Gasteiger partial charge on any atom is -0.281 e. The van der Waals surface area contributed by atoms with Crippen molar-refractivity contribution in [3.63, 3.8) is 0 Å². The number of halogens is 1. The highest BCUT2D eigenvalue weighted by Gasteiger charge is 1.97. The first-order valence-electron chi connectivity index (χ1n) is 3.65. The van der Waals surface area contributed by atoms with Gasteiger partial charge in [0.05, 0.1) is 0 Å². The maximum atomic E-state index is 10.4. The van der Waals surface area contributed by atoms with E-state index in [1.165, 1.54) is 0 Å². The predicted molar refractivity (Wildman–Crippen MR) is 52.9 cm³/mol. The molecule has 12 heavy (non-hydrogen) atoms. The van der Waals surface area contributed by atoms with Crippen LogP contribution in [0.4, 0.5) is 0 Å². The largest absolute Gasteiger partial charge is 0.281 e. The van der Waals surface area contributed by atoms with Crippen LogP contribution in [0.2, 0.25) is 0 Å². The second-order valence-corrected chi connectivity index (χ2v) is 3.46. The van der Waals surface area contributed by atoms with Crippen LogP contribution in [0.5, 0.6) is 0 Å². The average molecular weight is 201 g/mol. The molecule has 0 fully saturated rings. The molecule has 0 aliphatic heterocycles. The van der Waals surface area contributed by atoms with Crippen molar-refractivity contribution in [2.24, 2.45) is 0 Å². The molecule has 0 N–H and O–H groups in total. The smallest absolute Gasteiger partial charge is 0.221 e. The molecule has 0 atom stereocenters. The van der Waals surface area contributed by atoms with Gasteiger partial charge in [-0.1, -0.05) is 12.1 Å². The zero-order chi connectivity index (χ0) is 8.97. The topological polar surface area (TPSA) is 17.1 Å². The number of benzene rings is 1. The molecule has 1 rings (SSSR count). The molecule has 0 spiro atoms. The fraction of sp³-hybridized carbons (Fsp3) is 0.222. The number of aryl methyl sites for hydroxylation is 1. The zero-order valence-electron chi connectivity index (χ0n) is 6.46. The van der Waals surface area contributed by atoms with Gasteiger partial charge < -0.3 is 0 Å². The maximum Gasteiger partial charge on any atom is 0.221 e. The van der Waals surface area contributed by atoms with Gasteiger partial charge in [0.1, 0.15) is 0 Å². The Hall–Kier alpha value is -0.470. The maximum absolute atomic E-state index is 10.4. The number of carbonyl (C=O) groups excluding carboxylic acids is 1. The Kier molecular flexibility index (Phi) is 3.63. The first kappa shape index (κ1) is 9.62. The summed E-state index contributed by atoms with van der Waals surface area (Å²) in [4.78, 5) is 11.4. The second kappa shape index (κ2) is 4.53. The molecule has 0 aliphatic carbocycles. The number of rotatable bonds is 3. The summed E-state index contributed by atoms with van der Waals surface area (Å²) in [5.74, 6) is 0. The molecule has 0 bridgehead atoms. The lowest BCUT2D eigenvalue weighted by atomic mass is 10.1. The second-order valence-electron chi connectivity index (χ2n) is 2.52. The van der Waals surface area contributed by atoms with Crippen LogP contribution >= 0.6 is 24.2 Å². The van der Waals surface area contributed by atoms with Crippen LogP contribution in [0, 0.1) is 0 Å². The van der Waals surface area contributed by atoms with Crippen molar-refractivity contribution in [1.82, 2.24) is 0 Å². The van der Waals surface area contributed by atoms with Gasteiger partial charge in [0.15, 0.2) is 0 Å². The highest BCUT2D eigenvalue weighted by molar-refractivity contribution is 7.80. The van der Waals surface area contributed by atoms with E-state index in [1.807, 2.05) is 24.3 Å². The summed E-state index contributed by atoms with van der Waals surface area (Å²) in [6, 6.07) is 7.69. The van der Waals surface area contributed by atoms with Crippen LogP contribution in [0.1, 0.15) is 12.0 Å². The van der Waals surface area contributed by atoms with Crippen molar-refractivity contribution in [3.05, 3.63) is 29.8 Å². The lowest BCUT2D eigenvalue weighted by Crippen LogP contribution is -1.90. The third-order valence-corrected chi connectivity index (χ3v) is 2.03. The first-order valence-corrected chi connectivity index (χ1v) is 4.47. The Morgan fingerprint density at radius 3 is 2.42 bits per heavy atom. The molecule has 0 saturated heterocycles. The van der Waals surface area contributed by atoms with Crippen LogP contribution in [0.15, 0.2) is 29.2 Å². The molecular formula is C9H9ClOS. The van der Waals surface area contributed by atoms with Gasteiger partial charge in [0.25, 0.3) is 0 Å². The Bertz CT molecular complexity index is 268. The van der Waals surface area contributed by atoms with Crippen molar-refractivity contribution in [1.29, 1.82) is 0 Å². The Labute approximate surface area is 82.1 Å². The molecule has 3 heteroatoms.